The summed E-state index contributed by atoms with van der Waals surface area (Å²) in [4.78, 5) is 0.0468. The van der Waals surface area contributed by atoms with Gasteiger partial charge in [-0.3, -0.25) is 5.10 Å². The summed E-state index contributed by atoms with van der Waals surface area (Å²) in [5.74, 6) is -0.931. The van der Waals surface area contributed by atoms with Crippen LogP contribution in [-0.4, -0.2) is 30.0 Å². The number of rotatable bonds is 1. The van der Waals surface area contributed by atoms with Crippen LogP contribution in [0.2, 0.25) is 0 Å². The first-order valence-corrected chi connectivity index (χ1v) is 5.37. The van der Waals surface area contributed by atoms with Crippen molar-refractivity contribution in [1.29, 1.82) is 0 Å². The van der Waals surface area contributed by atoms with E-state index >= 15 is 0 Å². The van der Waals surface area contributed by atoms with Gasteiger partial charge in [0.2, 0.25) is 4.96 Å². The van der Waals surface area contributed by atoms with Gasteiger partial charge in [0.15, 0.2) is 5.01 Å². The number of nitrogens with two attached hydrogens (primary N) is 1. The maximum Gasteiger partial charge on any atom is 0.453 e. The van der Waals surface area contributed by atoms with E-state index in [0.29, 0.717) is 15.2 Å². The highest BCUT2D eigenvalue weighted by Gasteiger charge is 2.38. The van der Waals surface area contributed by atoms with Gasteiger partial charge in [-0.05, 0) is 0 Å². The molecule has 0 spiro atoms. The van der Waals surface area contributed by atoms with Crippen molar-refractivity contribution in [1.82, 2.24) is 30.0 Å². The Morgan fingerprint density at radius 2 is 2.11 bits per heavy atom. The summed E-state index contributed by atoms with van der Waals surface area (Å²) >= 11 is 0.952. The van der Waals surface area contributed by atoms with Gasteiger partial charge in [0.05, 0.1) is 5.69 Å². The van der Waals surface area contributed by atoms with Crippen LogP contribution >= 0.6 is 11.3 Å². The van der Waals surface area contributed by atoms with Crippen LogP contribution in [0.3, 0.4) is 0 Å². The Labute approximate surface area is 100 Å². The van der Waals surface area contributed by atoms with Crippen molar-refractivity contribution in [2.45, 2.75) is 6.18 Å². The Balaban J connectivity index is 2.15. The fourth-order valence-electron chi connectivity index (χ4n) is 1.35. The molecule has 0 aliphatic heterocycles. The molecule has 0 radical (unpaired) electrons. The van der Waals surface area contributed by atoms with E-state index in [1.54, 1.807) is 0 Å². The molecule has 18 heavy (non-hydrogen) atoms. The lowest BCUT2D eigenvalue weighted by Gasteiger charge is -1.99. The average Bonchev–Trinajstić information content (AvgIpc) is 2.87. The number of nitrogens with one attached hydrogen (secondary N) is 1. The Morgan fingerprint density at radius 3 is 2.72 bits per heavy atom. The first-order valence-electron chi connectivity index (χ1n) is 4.56. The summed E-state index contributed by atoms with van der Waals surface area (Å²) in [6.45, 7) is 0. The van der Waals surface area contributed by atoms with Gasteiger partial charge in [0.25, 0.3) is 5.82 Å². The van der Waals surface area contributed by atoms with Crippen molar-refractivity contribution in [3.8, 4) is 10.7 Å². The number of hydrogen-bond donors (Lipinski definition) is 2. The zero-order valence-electron chi connectivity index (χ0n) is 8.43. The van der Waals surface area contributed by atoms with Crippen molar-refractivity contribution in [3.63, 3.8) is 0 Å². The predicted octanol–water partition coefficient (Wildman–Crippen LogP) is 1.18. The molecular weight excluding hydrogens is 271 g/mol. The molecule has 3 aromatic heterocycles. The maximum atomic E-state index is 12.6. The van der Waals surface area contributed by atoms with Crippen LogP contribution in [0, 0.1) is 0 Å². The molecule has 11 heteroatoms. The molecule has 0 saturated heterocycles. The molecule has 0 saturated carbocycles. The van der Waals surface area contributed by atoms with Crippen LogP contribution in [-0.2, 0) is 6.18 Å². The van der Waals surface area contributed by atoms with Gasteiger partial charge in [-0.1, -0.05) is 11.3 Å². The van der Waals surface area contributed by atoms with Crippen LogP contribution < -0.4 is 5.73 Å². The number of anilines is 1. The molecule has 3 heterocycles. The topological polar surface area (TPSA) is 97.8 Å². The largest absolute Gasteiger partial charge is 0.453 e. The van der Waals surface area contributed by atoms with E-state index in [0.717, 1.165) is 11.3 Å². The molecule has 0 aliphatic carbocycles. The van der Waals surface area contributed by atoms with E-state index < -0.39 is 12.0 Å². The number of H-pyrrole nitrogens is 1. The number of hydrogen-bond acceptors (Lipinski definition) is 6. The van der Waals surface area contributed by atoms with Crippen molar-refractivity contribution in [3.05, 3.63) is 11.9 Å². The fourth-order valence-corrected chi connectivity index (χ4v) is 2.15. The zero-order valence-corrected chi connectivity index (χ0v) is 9.25. The average molecular weight is 275 g/mol. The van der Waals surface area contributed by atoms with Crippen LogP contribution in [0.1, 0.15) is 5.82 Å². The van der Waals surface area contributed by atoms with E-state index in [1.807, 2.05) is 0 Å². The van der Waals surface area contributed by atoms with Crippen LogP contribution in [0.5, 0.6) is 0 Å². The molecule has 0 fully saturated rings. The summed E-state index contributed by atoms with van der Waals surface area (Å²) in [7, 11) is 0. The molecular formula is C7H4F3N7S. The molecule has 7 nitrogen and oxygen atoms in total. The van der Waals surface area contributed by atoms with E-state index in [1.165, 1.54) is 6.07 Å². The third-order valence-electron chi connectivity index (χ3n) is 2.07. The standard InChI is InChI=1S/C7H4F3N7S/c8-7(9,10)5-14-15-6-17(5)16-4(18-6)2-1-3(11)13-12-2/h1H,(H3,11,12,13). The molecule has 3 aromatic rings. The SMILES string of the molecule is Nc1cc(-c2nn3c(C(F)(F)F)nnc3s2)[nH]n1. The van der Waals surface area contributed by atoms with Crippen LogP contribution in [0.15, 0.2) is 6.07 Å². The van der Waals surface area contributed by atoms with Crippen molar-refractivity contribution in [2.75, 3.05) is 5.73 Å². The van der Waals surface area contributed by atoms with Gasteiger partial charge in [-0.25, -0.2) is 0 Å². The fraction of sp³-hybridized carbons (Fsp3) is 0.143. The van der Waals surface area contributed by atoms with Gasteiger partial charge in [-0.2, -0.15) is 27.9 Å². The normalized spacial score (nSPS) is 12.4. The van der Waals surface area contributed by atoms with Crippen LogP contribution in [0.4, 0.5) is 19.0 Å². The van der Waals surface area contributed by atoms with E-state index in [-0.39, 0.29) is 10.8 Å². The maximum absolute atomic E-state index is 12.6. The number of aromatic nitrogens is 6. The lowest BCUT2D eigenvalue weighted by molar-refractivity contribution is -0.146. The lowest BCUT2D eigenvalue weighted by atomic mass is 10.4. The predicted molar refractivity (Wildman–Crippen MR) is 55.7 cm³/mol. The molecule has 3 rings (SSSR count). The minimum absolute atomic E-state index is 0.0468. The molecule has 0 aliphatic rings. The number of halogens is 3. The van der Waals surface area contributed by atoms with Gasteiger partial charge < -0.3 is 5.73 Å². The molecule has 0 atom stereocenters. The van der Waals surface area contributed by atoms with E-state index in [9.17, 15) is 13.2 Å². The number of nitrogen functional groups attached to an aromatic ring is 1. The second-order valence-corrected chi connectivity index (χ2v) is 4.29. The molecule has 94 valence electrons. The smallest absolute Gasteiger partial charge is 0.382 e. The first-order chi connectivity index (χ1) is 8.45. The first kappa shape index (κ1) is 11.0. The van der Waals surface area contributed by atoms with Gasteiger partial charge in [0, 0.05) is 6.07 Å². The van der Waals surface area contributed by atoms with Gasteiger partial charge in [-0.15, -0.1) is 10.2 Å². The molecule has 0 unspecified atom stereocenters. The quantitative estimate of drug-likeness (QED) is 0.694. The Bertz CT molecular complexity index is 708. The van der Waals surface area contributed by atoms with E-state index in [4.69, 9.17) is 5.73 Å². The summed E-state index contributed by atoms with van der Waals surface area (Å²) in [5.41, 5.74) is 5.83. The number of nitrogens with zero attached hydrogens (tertiary/aromatic N) is 5. The number of aromatic amines is 1. The highest BCUT2D eigenvalue weighted by atomic mass is 32.1. The second-order valence-electron chi connectivity index (χ2n) is 3.33. The molecule has 0 aromatic carbocycles. The summed E-state index contributed by atoms with van der Waals surface area (Å²) in [6.07, 6.45) is -4.60. The van der Waals surface area contributed by atoms with Crippen molar-refractivity contribution in [2.24, 2.45) is 0 Å². The second kappa shape index (κ2) is 3.41. The van der Waals surface area contributed by atoms with E-state index in [2.05, 4.69) is 25.5 Å². The lowest BCUT2D eigenvalue weighted by Crippen LogP contribution is -2.11. The summed E-state index contributed by atoms with van der Waals surface area (Å²) < 4.78 is 38.4. The van der Waals surface area contributed by atoms with Crippen molar-refractivity contribution >= 4 is 22.1 Å². The Hall–Kier alpha value is -2.17. The van der Waals surface area contributed by atoms with Gasteiger partial charge >= 0.3 is 6.18 Å². The number of alkyl halides is 3. The highest BCUT2D eigenvalue weighted by Crippen LogP contribution is 2.31. The molecule has 0 bridgehead atoms. The van der Waals surface area contributed by atoms with Gasteiger partial charge in [0.1, 0.15) is 5.82 Å². The van der Waals surface area contributed by atoms with Crippen LogP contribution in [0.25, 0.3) is 15.7 Å². The third-order valence-corrected chi connectivity index (χ3v) is 3.00. The Morgan fingerprint density at radius 1 is 1.33 bits per heavy atom. The highest BCUT2D eigenvalue weighted by molar-refractivity contribution is 7.19. The van der Waals surface area contributed by atoms with Crippen molar-refractivity contribution < 1.29 is 13.2 Å². The molecule has 3 N–H and O–H groups in total. The third kappa shape index (κ3) is 1.59. The summed E-state index contributed by atoms with van der Waals surface area (Å²) in [6, 6.07) is 1.47. The molecule has 0 amide bonds. The number of fused-ring (bicyclic) bond motifs is 1. The minimum atomic E-state index is -4.60. The summed E-state index contributed by atoms with van der Waals surface area (Å²) in [5, 5.41) is 16.8. The minimum Gasteiger partial charge on any atom is -0.382 e. The monoisotopic (exact) mass is 275 g/mol. The zero-order chi connectivity index (χ0) is 12.9. The Kier molecular flexibility index (Phi) is 2.08.